The highest BCUT2D eigenvalue weighted by Gasteiger charge is 2.28. The third-order valence-electron chi connectivity index (χ3n) is 4.42. The molecule has 0 saturated carbocycles. The zero-order chi connectivity index (χ0) is 20.8. The Morgan fingerprint density at radius 3 is 2.41 bits per heavy atom. The molecule has 0 bridgehead atoms. The predicted molar refractivity (Wildman–Crippen MR) is 110 cm³/mol. The van der Waals surface area contributed by atoms with Crippen molar-refractivity contribution in [1.82, 2.24) is 9.97 Å². The molecule has 4 rings (SSSR count). The minimum Gasteiger partial charge on any atom is -0.497 e. The number of H-pyrrole nitrogens is 1. The Kier molecular flexibility index (Phi) is 4.45. The van der Waals surface area contributed by atoms with Gasteiger partial charge in [0.2, 0.25) is 5.89 Å². The molecule has 0 unspecified atom stereocenters. The minimum absolute atomic E-state index is 0.296. The predicted octanol–water partition coefficient (Wildman–Crippen LogP) is 4.95. The van der Waals surface area contributed by atoms with Gasteiger partial charge < -0.3 is 23.6 Å². The van der Waals surface area contributed by atoms with Crippen LogP contribution in [0.5, 0.6) is 11.5 Å². The number of nitrogens with zero attached hydrogens (tertiary/aromatic N) is 1. The summed E-state index contributed by atoms with van der Waals surface area (Å²) in [6, 6.07) is 10.8. The topological polar surface area (TPSA) is 86.6 Å². The zero-order valence-electron chi connectivity index (χ0n) is 17.0. The zero-order valence-corrected chi connectivity index (χ0v) is 17.0. The van der Waals surface area contributed by atoms with Gasteiger partial charge in [0.1, 0.15) is 28.3 Å². The summed E-state index contributed by atoms with van der Waals surface area (Å²) >= 11 is 0. The van der Waals surface area contributed by atoms with Gasteiger partial charge in [-0.2, -0.15) is 0 Å². The molecule has 0 aliphatic heterocycles. The van der Waals surface area contributed by atoms with E-state index in [-0.39, 0.29) is 0 Å². The lowest BCUT2D eigenvalue weighted by Gasteiger charge is -2.19. The Labute approximate surface area is 167 Å². The van der Waals surface area contributed by atoms with Crippen molar-refractivity contribution in [1.29, 1.82) is 0 Å². The number of benzene rings is 2. The lowest BCUT2D eigenvalue weighted by Crippen LogP contribution is -2.24. The average molecular weight is 394 g/mol. The van der Waals surface area contributed by atoms with E-state index in [0.717, 1.165) is 5.52 Å². The number of carbonyl (C=O) groups is 1. The number of nitrogens with one attached hydrogen (secondary N) is 1. The fourth-order valence-corrected chi connectivity index (χ4v) is 3.14. The molecule has 7 heteroatoms. The Morgan fingerprint density at radius 2 is 1.72 bits per heavy atom. The molecule has 0 spiro atoms. The summed E-state index contributed by atoms with van der Waals surface area (Å²) in [6.45, 7) is 5.48. The monoisotopic (exact) mass is 394 g/mol. The first-order chi connectivity index (χ1) is 13.8. The van der Waals surface area contributed by atoms with Gasteiger partial charge in [0.15, 0.2) is 5.58 Å². The first-order valence-electron chi connectivity index (χ1n) is 9.17. The third kappa shape index (κ3) is 3.51. The molecule has 0 radical (unpaired) electrons. The van der Waals surface area contributed by atoms with Crippen LogP contribution in [0.2, 0.25) is 0 Å². The minimum atomic E-state index is -0.647. The number of esters is 1. The average Bonchev–Trinajstić information content (AvgIpc) is 3.26. The molecule has 29 heavy (non-hydrogen) atoms. The van der Waals surface area contributed by atoms with Gasteiger partial charge in [0.05, 0.1) is 19.8 Å². The first-order valence-corrected chi connectivity index (χ1v) is 9.17. The second-order valence-corrected chi connectivity index (χ2v) is 7.64. The van der Waals surface area contributed by atoms with Crippen LogP contribution in [0.15, 0.2) is 40.8 Å². The number of oxazole rings is 1. The summed E-state index contributed by atoms with van der Waals surface area (Å²) in [5, 5.41) is 0.674. The molecule has 2 aromatic heterocycles. The van der Waals surface area contributed by atoms with Gasteiger partial charge in [0, 0.05) is 17.0 Å². The van der Waals surface area contributed by atoms with Crippen molar-refractivity contribution in [2.75, 3.05) is 14.2 Å². The molecular weight excluding hydrogens is 372 g/mol. The number of aromatic nitrogens is 2. The number of hydrogen-bond donors (Lipinski definition) is 1. The summed E-state index contributed by atoms with van der Waals surface area (Å²) in [6.07, 6.45) is 0. The van der Waals surface area contributed by atoms with Crippen LogP contribution < -0.4 is 9.47 Å². The number of fused-ring (bicyclic) bond motifs is 2. The molecule has 4 aromatic rings. The highest BCUT2D eigenvalue weighted by Crippen LogP contribution is 2.35. The highest BCUT2D eigenvalue weighted by atomic mass is 16.6. The molecule has 2 heterocycles. The maximum absolute atomic E-state index is 13.1. The molecule has 150 valence electrons. The van der Waals surface area contributed by atoms with E-state index in [9.17, 15) is 4.79 Å². The van der Waals surface area contributed by atoms with Crippen LogP contribution in [0, 0.1) is 0 Å². The molecule has 0 fully saturated rings. The van der Waals surface area contributed by atoms with Crippen molar-refractivity contribution in [3.05, 3.63) is 42.0 Å². The van der Waals surface area contributed by atoms with Gasteiger partial charge >= 0.3 is 5.97 Å². The molecule has 0 atom stereocenters. The standard InChI is InChI=1S/C22H22N2O5/c1-22(2,3)29-21(25)18-14-10-12(26-4)6-8-15(14)23-19(18)20-24-16-9-7-13(27-5)11-17(16)28-20/h6-11,23H,1-5H3. The van der Waals surface area contributed by atoms with E-state index in [1.807, 2.05) is 32.9 Å². The molecule has 0 amide bonds. The summed E-state index contributed by atoms with van der Waals surface area (Å²) in [5.74, 6) is 1.13. The molecule has 0 aliphatic carbocycles. The number of carbonyl (C=O) groups excluding carboxylic acids is 1. The van der Waals surface area contributed by atoms with Crippen molar-refractivity contribution in [3.8, 4) is 23.1 Å². The van der Waals surface area contributed by atoms with E-state index >= 15 is 0 Å². The number of methoxy groups -OCH3 is 2. The van der Waals surface area contributed by atoms with E-state index in [1.54, 1.807) is 38.5 Å². The molecular formula is C22H22N2O5. The van der Waals surface area contributed by atoms with Gasteiger partial charge in [-0.15, -0.1) is 0 Å². The Hall–Kier alpha value is -3.48. The normalized spacial score (nSPS) is 11.8. The smallest absolute Gasteiger partial charge is 0.341 e. The molecule has 0 aliphatic rings. The van der Waals surface area contributed by atoms with E-state index in [2.05, 4.69) is 9.97 Å². The summed E-state index contributed by atoms with van der Waals surface area (Å²) in [5.41, 5.74) is 2.13. The van der Waals surface area contributed by atoms with Crippen molar-refractivity contribution in [2.45, 2.75) is 26.4 Å². The largest absolute Gasteiger partial charge is 0.497 e. The fraction of sp³-hybridized carbons (Fsp3) is 0.273. The van der Waals surface area contributed by atoms with Crippen LogP contribution >= 0.6 is 0 Å². The van der Waals surface area contributed by atoms with Crippen LogP contribution in [-0.2, 0) is 4.74 Å². The quantitative estimate of drug-likeness (QED) is 0.493. The second-order valence-electron chi connectivity index (χ2n) is 7.64. The Balaban J connectivity index is 1.93. The second kappa shape index (κ2) is 6.84. The Morgan fingerprint density at radius 1 is 1.03 bits per heavy atom. The molecule has 0 saturated heterocycles. The highest BCUT2D eigenvalue weighted by molar-refractivity contribution is 6.10. The van der Waals surface area contributed by atoms with Crippen molar-refractivity contribution < 1.29 is 23.4 Å². The van der Waals surface area contributed by atoms with Gasteiger partial charge in [-0.3, -0.25) is 0 Å². The number of rotatable bonds is 4. The maximum atomic E-state index is 13.1. The summed E-state index contributed by atoms with van der Waals surface area (Å²) in [7, 11) is 3.17. The van der Waals surface area contributed by atoms with Crippen LogP contribution in [0.3, 0.4) is 0 Å². The number of ether oxygens (including phenoxy) is 3. The fourth-order valence-electron chi connectivity index (χ4n) is 3.14. The van der Waals surface area contributed by atoms with E-state index in [1.165, 1.54) is 0 Å². The number of hydrogen-bond acceptors (Lipinski definition) is 6. The SMILES string of the molecule is COc1ccc2nc(-c3[nH]c4ccc(OC)cc4c3C(=O)OC(C)(C)C)oc2c1. The summed E-state index contributed by atoms with van der Waals surface area (Å²) < 4.78 is 22.2. The van der Waals surface area contributed by atoms with Crippen molar-refractivity contribution in [2.24, 2.45) is 0 Å². The lowest BCUT2D eigenvalue weighted by atomic mass is 10.1. The van der Waals surface area contributed by atoms with Gasteiger partial charge in [-0.1, -0.05) is 0 Å². The van der Waals surface area contributed by atoms with Crippen molar-refractivity contribution >= 4 is 28.0 Å². The van der Waals surface area contributed by atoms with E-state index < -0.39 is 11.6 Å². The molecule has 2 aromatic carbocycles. The van der Waals surface area contributed by atoms with Gasteiger partial charge in [0.25, 0.3) is 0 Å². The van der Waals surface area contributed by atoms with Crippen LogP contribution in [0.4, 0.5) is 0 Å². The Bertz CT molecular complexity index is 1210. The van der Waals surface area contributed by atoms with Crippen LogP contribution in [0.25, 0.3) is 33.6 Å². The van der Waals surface area contributed by atoms with Gasteiger partial charge in [-0.05, 0) is 51.1 Å². The van der Waals surface area contributed by atoms with E-state index in [4.69, 9.17) is 18.6 Å². The molecule has 7 nitrogen and oxygen atoms in total. The van der Waals surface area contributed by atoms with Crippen LogP contribution in [0.1, 0.15) is 31.1 Å². The molecule has 1 N–H and O–H groups in total. The maximum Gasteiger partial charge on any atom is 0.341 e. The third-order valence-corrected chi connectivity index (χ3v) is 4.42. The van der Waals surface area contributed by atoms with Gasteiger partial charge in [-0.25, -0.2) is 9.78 Å². The van der Waals surface area contributed by atoms with Crippen LogP contribution in [-0.4, -0.2) is 35.8 Å². The first kappa shape index (κ1) is 18.9. The van der Waals surface area contributed by atoms with E-state index in [0.29, 0.717) is 45.1 Å². The number of aromatic amines is 1. The summed E-state index contributed by atoms with van der Waals surface area (Å²) in [4.78, 5) is 20.9. The van der Waals surface area contributed by atoms with Crippen molar-refractivity contribution in [3.63, 3.8) is 0 Å². The lowest BCUT2D eigenvalue weighted by molar-refractivity contribution is 0.00725.